The minimum absolute atomic E-state index is 0.780. The Kier molecular flexibility index (Phi) is 4.84. The van der Waals surface area contributed by atoms with Gasteiger partial charge < -0.3 is 10.2 Å². The van der Waals surface area contributed by atoms with Crippen molar-refractivity contribution >= 4 is 17.4 Å². The van der Waals surface area contributed by atoms with Crippen LogP contribution < -0.4 is 10.2 Å². The number of hydrogen-bond acceptors (Lipinski definition) is 3. The molecule has 0 radical (unpaired) electrons. The standard InChI is InChI=1S/C14H22ClN3/c1-3-11-5-6-18(10-11)14-13(15)7-12(9-17-14)8-16-4-2/h7,9,11,16H,3-6,8,10H2,1-2H3. The number of nitrogens with zero attached hydrogens (tertiary/aromatic N) is 2. The first kappa shape index (κ1) is 13.6. The third-order valence-electron chi connectivity index (χ3n) is 3.62. The van der Waals surface area contributed by atoms with E-state index in [0.29, 0.717) is 0 Å². The molecule has 1 aliphatic heterocycles. The topological polar surface area (TPSA) is 28.2 Å². The maximum atomic E-state index is 6.35. The lowest BCUT2D eigenvalue weighted by Gasteiger charge is -2.19. The summed E-state index contributed by atoms with van der Waals surface area (Å²) in [4.78, 5) is 6.85. The SMILES string of the molecule is CCNCc1cnc(N2CCC(CC)C2)c(Cl)c1. The summed E-state index contributed by atoms with van der Waals surface area (Å²) in [5, 5.41) is 4.06. The summed E-state index contributed by atoms with van der Waals surface area (Å²) >= 11 is 6.35. The zero-order chi connectivity index (χ0) is 13.0. The van der Waals surface area contributed by atoms with Crippen molar-refractivity contribution in [3.63, 3.8) is 0 Å². The van der Waals surface area contributed by atoms with Crippen molar-refractivity contribution in [2.45, 2.75) is 33.2 Å². The first-order valence-electron chi connectivity index (χ1n) is 6.84. The Bertz CT molecular complexity index is 395. The van der Waals surface area contributed by atoms with E-state index in [4.69, 9.17) is 11.6 Å². The Labute approximate surface area is 115 Å². The largest absolute Gasteiger partial charge is 0.355 e. The fourth-order valence-corrected chi connectivity index (χ4v) is 2.74. The fraction of sp³-hybridized carbons (Fsp3) is 0.643. The number of rotatable bonds is 5. The molecule has 1 unspecified atom stereocenters. The number of hydrogen-bond donors (Lipinski definition) is 1. The molecule has 2 rings (SSSR count). The summed E-state index contributed by atoms with van der Waals surface area (Å²) in [6, 6.07) is 2.03. The van der Waals surface area contributed by atoms with Crippen LogP contribution in [0.5, 0.6) is 0 Å². The van der Waals surface area contributed by atoms with E-state index in [1.165, 1.54) is 12.8 Å². The van der Waals surface area contributed by atoms with Crippen molar-refractivity contribution in [1.82, 2.24) is 10.3 Å². The summed E-state index contributed by atoms with van der Waals surface area (Å²) < 4.78 is 0. The predicted octanol–water partition coefficient (Wildman–Crippen LogP) is 3.08. The third kappa shape index (κ3) is 3.15. The van der Waals surface area contributed by atoms with Crippen LogP contribution in [-0.2, 0) is 6.54 Å². The van der Waals surface area contributed by atoms with Gasteiger partial charge in [-0.15, -0.1) is 0 Å². The van der Waals surface area contributed by atoms with Gasteiger partial charge >= 0.3 is 0 Å². The number of anilines is 1. The molecular formula is C14H22ClN3. The molecule has 4 heteroatoms. The number of halogens is 1. The summed E-state index contributed by atoms with van der Waals surface area (Å²) in [6.45, 7) is 8.32. The van der Waals surface area contributed by atoms with E-state index in [9.17, 15) is 0 Å². The second-order valence-electron chi connectivity index (χ2n) is 4.94. The summed E-state index contributed by atoms with van der Waals surface area (Å²) in [5.74, 6) is 1.75. The van der Waals surface area contributed by atoms with Gasteiger partial charge in [-0.3, -0.25) is 0 Å². The van der Waals surface area contributed by atoms with E-state index in [-0.39, 0.29) is 0 Å². The Hall–Kier alpha value is -0.800. The molecule has 1 atom stereocenters. The second kappa shape index (κ2) is 6.39. The highest BCUT2D eigenvalue weighted by atomic mass is 35.5. The zero-order valence-corrected chi connectivity index (χ0v) is 12.0. The monoisotopic (exact) mass is 267 g/mol. The van der Waals surface area contributed by atoms with Gasteiger partial charge in [-0.1, -0.05) is 31.9 Å². The molecule has 18 heavy (non-hydrogen) atoms. The Morgan fingerprint density at radius 3 is 2.94 bits per heavy atom. The minimum Gasteiger partial charge on any atom is -0.355 e. The lowest BCUT2D eigenvalue weighted by molar-refractivity contribution is 0.568. The van der Waals surface area contributed by atoms with Crippen molar-refractivity contribution in [3.8, 4) is 0 Å². The average Bonchev–Trinajstić information content (AvgIpc) is 2.85. The Balaban J connectivity index is 2.05. The first-order chi connectivity index (χ1) is 8.74. The number of pyridine rings is 1. The van der Waals surface area contributed by atoms with Crippen LogP contribution in [0.25, 0.3) is 0 Å². The zero-order valence-electron chi connectivity index (χ0n) is 11.2. The molecule has 0 saturated carbocycles. The maximum absolute atomic E-state index is 6.35. The fourth-order valence-electron chi connectivity index (χ4n) is 2.43. The van der Waals surface area contributed by atoms with Gasteiger partial charge in [0.1, 0.15) is 5.82 Å². The van der Waals surface area contributed by atoms with E-state index in [0.717, 1.165) is 48.5 Å². The van der Waals surface area contributed by atoms with Crippen LogP contribution in [0.2, 0.25) is 5.02 Å². The summed E-state index contributed by atoms with van der Waals surface area (Å²) in [6.07, 6.45) is 4.43. The third-order valence-corrected chi connectivity index (χ3v) is 3.90. The van der Waals surface area contributed by atoms with Crippen LogP contribution in [0.15, 0.2) is 12.3 Å². The molecule has 0 aliphatic carbocycles. The highest BCUT2D eigenvalue weighted by molar-refractivity contribution is 6.33. The number of nitrogens with one attached hydrogen (secondary N) is 1. The number of aromatic nitrogens is 1. The van der Waals surface area contributed by atoms with E-state index in [1.54, 1.807) is 0 Å². The molecule has 1 N–H and O–H groups in total. The molecule has 1 aromatic rings. The molecule has 3 nitrogen and oxygen atoms in total. The normalized spacial score (nSPS) is 19.5. The molecular weight excluding hydrogens is 246 g/mol. The van der Waals surface area contributed by atoms with E-state index in [2.05, 4.69) is 29.0 Å². The lowest BCUT2D eigenvalue weighted by atomic mass is 10.1. The predicted molar refractivity (Wildman–Crippen MR) is 77.2 cm³/mol. The molecule has 1 aromatic heterocycles. The summed E-state index contributed by atoms with van der Waals surface area (Å²) in [7, 11) is 0. The molecule has 2 heterocycles. The van der Waals surface area contributed by atoms with Gasteiger partial charge in [-0.05, 0) is 30.5 Å². The van der Waals surface area contributed by atoms with Gasteiger partial charge in [0.05, 0.1) is 5.02 Å². The van der Waals surface area contributed by atoms with Gasteiger partial charge in [0.15, 0.2) is 0 Å². The van der Waals surface area contributed by atoms with Crippen molar-refractivity contribution < 1.29 is 0 Å². The first-order valence-corrected chi connectivity index (χ1v) is 7.22. The van der Waals surface area contributed by atoms with Crippen molar-refractivity contribution in [1.29, 1.82) is 0 Å². The molecule has 0 aromatic carbocycles. The van der Waals surface area contributed by atoms with Gasteiger partial charge in [0.25, 0.3) is 0 Å². The Morgan fingerprint density at radius 1 is 1.50 bits per heavy atom. The second-order valence-corrected chi connectivity index (χ2v) is 5.35. The molecule has 1 fully saturated rings. The molecule has 100 valence electrons. The molecule has 1 saturated heterocycles. The van der Waals surface area contributed by atoms with E-state index >= 15 is 0 Å². The van der Waals surface area contributed by atoms with E-state index in [1.807, 2.05) is 12.3 Å². The average molecular weight is 268 g/mol. The minimum atomic E-state index is 0.780. The van der Waals surface area contributed by atoms with Crippen molar-refractivity contribution in [2.75, 3.05) is 24.5 Å². The smallest absolute Gasteiger partial charge is 0.147 e. The van der Waals surface area contributed by atoms with Crippen LogP contribution in [-0.4, -0.2) is 24.6 Å². The van der Waals surface area contributed by atoms with Crippen molar-refractivity contribution in [2.24, 2.45) is 5.92 Å². The molecule has 0 spiro atoms. The van der Waals surface area contributed by atoms with E-state index < -0.39 is 0 Å². The van der Waals surface area contributed by atoms with Crippen LogP contribution in [0.3, 0.4) is 0 Å². The van der Waals surface area contributed by atoms with Crippen LogP contribution >= 0.6 is 11.6 Å². The quantitative estimate of drug-likeness (QED) is 0.889. The molecule has 1 aliphatic rings. The summed E-state index contributed by atoms with van der Waals surface area (Å²) in [5.41, 5.74) is 1.15. The van der Waals surface area contributed by atoms with Crippen LogP contribution in [0.4, 0.5) is 5.82 Å². The Morgan fingerprint density at radius 2 is 2.33 bits per heavy atom. The molecule has 0 amide bonds. The highest BCUT2D eigenvalue weighted by Gasteiger charge is 2.23. The molecule has 0 bridgehead atoms. The van der Waals surface area contributed by atoms with Gasteiger partial charge in [-0.25, -0.2) is 4.98 Å². The van der Waals surface area contributed by atoms with Crippen LogP contribution in [0, 0.1) is 5.92 Å². The van der Waals surface area contributed by atoms with Gasteiger partial charge in [0, 0.05) is 25.8 Å². The van der Waals surface area contributed by atoms with Crippen molar-refractivity contribution in [3.05, 3.63) is 22.8 Å². The lowest BCUT2D eigenvalue weighted by Crippen LogP contribution is -2.21. The van der Waals surface area contributed by atoms with Gasteiger partial charge in [-0.2, -0.15) is 0 Å². The van der Waals surface area contributed by atoms with Gasteiger partial charge in [0.2, 0.25) is 0 Å². The maximum Gasteiger partial charge on any atom is 0.147 e. The highest BCUT2D eigenvalue weighted by Crippen LogP contribution is 2.29. The van der Waals surface area contributed by atoms with Crippen LogP contribution in [0.1, 0.15) is 32.3 Å².